The molecule has 0 aliphatic heterocycles. The van der Waals surface area contributed by atoms with Crippen molar-refractivity contribution in [2.24, 2.45) is 0 Å². The average molecular weight is 458 g/mol. The minimum absolute atomic E-state index is 0.0223. The van der Waals surface area contributed by atoms with Crippen LogP contribution in [0.15, 0.2) is 102 Å². The van der Waals surface area contributed by atoms with Crippen molar-refractivity contribution >= 4 is 27.2 Å². The van der Waals surface area contributed by atoms with E-state index in [1.54, 1.807) is 24.3 Å². The van der Waals surface area contributed by atoms with Gasteiger partial charge in [0, 0.05) is 17.1 Å². The van der Waals surface area contributed by atoms with Crippen molar-refractivity contribution in [1.82, 2.24) is 0 Å². The zero-order chi connectivity index (χ0) is 23.4. The molecule has 0 heterocycles. The van der Waals surface area contributed by atoms with Gasteiger partial charge in [0.25, 0.3) is 10.1 Å². The topological polar surface area (TPSA) is 46.6 Å². The van der Waals surface area contributed by atoms with Gasteiger partial charge in [-0.2, -0.15) is 8.42 Å². The molecular weight excluding hydrogens is 430 g/mol. The Bertz CT molecular complexity index is 1260. The SMILES string of the molecule is Cc1ccc(N(c2ccc(C)cc2)c2ccc(COS(=O)(=O)c3ccc(C)cc3)cc2)cc1. The third-order valence-corrected chi connectivity index (χ3v) is 6.75. The van der Waals surface area contributed by atoms with Crippen molar-refractivity contribution in [3.05, 3.63) is 119 Å². The Hall–Kier alpha value is -3.41. The summed E-state index contributed by atoms with van der Waals surface area (Å²) in [6.45, 7) is 6.03. The second-order valence-corrected chi connectivity index (χ2v) is 9.82. The standard InChI is InChI=1S/C28H27NO3S/c1-21-4-12-25(13-5-21)29(26-14-6-22(2)7-15-26)27-16-10-24(11-17-27)20-32-33(30,31)28-18-8-23(3)9-19-28/h4-19H,20H2,1-3H3. The van der Waals surface area contributed by atoms with Gasteiger partial charge in [0.2, 0.25) is 0 Å². The van der Waals surface area contributed by atoms with Crippen LogP contribution in [0.5, 0.6) is 0 Å². The minimum Gasteiger partial charge on any atom is -0.311 e. The molecule has 5 heteroatoms. The zero-order valence-electron chi connectivity index (χ0n) is 19.0. The maximum absolute atomic E-state index is 12.5. The van der Waals surface area contributed by atoms with E-state index >= 15 is 0 Å². The molecule has 0 amide bonds. The lowest BCUT2D eigenvalue weighted by Crippen LogP contribution is -2.10. The van der Waals surface area contributed by atoms with E-state index in [2.05, 4.69) is 67.3 Å². The van der Waals surface area contributed by atoms with Gasteiger partial charge in [0.05, 0.1) is 11.5 Å². The molecule has 4 nitrogen and oxygen atoms in total. The maximum Gasteiger partial charge on any atom is 0.297 e. The van der Waals surface area contributed by atoms with Crippen LogP contribution in [0.2, 0.25) is 0 Å². The zero-order valence-corrected chi connectivity index (χ0v) is 19.8. The second kappa shape index (κ2) is 9.61. The minimum atomic E-state index is -3.81. The van der Waals surface area contributed by atoms with Gasteiger partial charge < -0.3 is 4.90 Å². The first kappa shape index (κ1) is 22.8. The van der Waals surface area contributed by atoms with E-state index in [4.69, 9.17) is 4.18 Å². The van der Waals surface area contributed by atoms with Crippen LogP contribution in [0.4, 0.5) is 17.1 Å². The third kappa shape index (κ3) is 5.51. The van der Waals surface area contributed by atoms with Gasteiger partial charge in [-0.05, 0) is 74.9 Å². The predicted octanol–water partition coefficient (Wildman–Crippen LogP) is 6.99. The lowest BCUT2D eigenvalue weighted by molar-refractivity contribution is 0.308. The summed E-state index contributed by atoms with van der Waals surface area (Å²) in [4.78, 5) is 2.33. The third-order valence-electron chi connectivity index (χ3n) is 5.47. The lowest BCUT2D eigenvalue weighted by atomic mass is 10.1. The summed E-state index contributed by atoms with van der Waals surface area (Å²) < 4.78 is 30.3. The van der Waals surface area contributed by atoms with Gasteiger partial charge in [-0.1, -0.05) is 65.2 Å². The molecule has 0 aliphatic rings. The van der Waals surface area contributed by atoms with Crippen molar-refractivity contribution in [3.8, 4) is 0 Å². The van der Waals surface area contributed by atoms with Crippen molar-refractivity contribution in [1.29, 1.82) is 0 Å². The molecule has 4 aromatic rings. The Morgan fingerprint density at radius 1 is 0.576 bits per heavy atom. The maximum atomic E-state index is 12.5. The van der Waals surface area contributed by atoms with Crippen molar-refractivity contribution in [2.75, 3.05) is 4.90 Å². The quantitative estimate of drug-likeness (QED) is 0.281. The van der Waals surface area contributed by atoms with Gasteiger partial charge in [0.15, 0.2) is 0 Å². The molecule has 168 valence electrons. The first-order valence-electron chi connectivity index (χ1n) is 10.8. The number of nitrogens with zero attached hydrogens (tertiary/aromatic N) is 1. The molecule has 0 unspecified atom stereocenters. The number of aryl methyl sites for hydroxylation is 3. The van der Waals surface area contributed by atoms with Crippen LogP contribution >= 0.6 is 0 Å². The molecule has 0 atom stereocenters. The normalized spacial score (nSPS) is 11.4. The van der Waals surface area contributed by atoms with Crippen molar-refractivity contribution in [2.45, 2.75) is 32.3 Å². The molecule has 0 aromatic heterocycles. The fraction of sp³-hybridized carbons (Fsp3) is 0.143. The molecule has 0 bridgehead atoms. The highest BCUT2D eigenvalue weighted by atomic mass is 32.2. The molecule has 4 aromatic carbocycles. The summed E-state index contributed by atoms with van der Waals surface area (Å²) in [5.41, 5.74) is 7.26. The van der Waals surface area contributed by atoms with Crippen LogP contribution in [-0.4, -0.2) is 8.42 Å². The van der Waals surface area contributed by atoms with E-state index in [1.165, 1.54) is 11.1 Å². The second-order valence-electron chi connectivity index (χ2n) is 8.20. The lowest BCUT2D eigenvalue weighted by Gasteiger charge is -2.26. The van der Waals surface area contributed by atoms with Crippen LogP contribution in [0.3, 0.4) is 0 Å². The fourth-order valence-corrected chi connectivity index (χ4v) is 4.39. The Kier molecular flexibility index (Phi) is 6.63. The van der Waals surface area contributed by atoms with Crippen molar-refractivity contribution < 1.29 is 12.6 Å². The van der Waals surface area contributed by atoms with Crippen LogP contribution in [0.25, 0.3) is 0 Å². The van der Waals surface area contributed by atoms with Crippen LogP contribution in [0, 0.1) is 20.8 Å². The summed E-state index contributed by atoms with van der Waals surface area (Å²) >= 11 is 0. The molecule has 0 spiro atoms. The summed E-state index contributed by atoms with van der Waals surface area (Å²) in [5.74, 6) is 0. The molecule has 0 aliphatic carbocycles. The predicted molar refractivity (Wildman–Crippen MR) is 134 cm³/mol. The monoisotopic (exact) mass is 457 g/mol. The molecule has 0 saturated heterocycles. The van der Waals surface area contributed by atoms with Crippen molar-refractivity contribution in [3.63, 3.8) is 0 Å². The Balaban J connectivity index is 1.57. The van der Waals surface area contributed by atoms with Gasteiger partial charge in [-0.25, -0.2) is 0 Å². The molecule has 0 fully saturated rings. The first-order chi connectivity index (χ1) is 15.8. The Morgan fingerprint density at radius 2 is 0.939 bits per heavy atom. The van der Waals surface area contributed by atoms with E-state index in [-0.39, 0.29) is 11.5 Å². The summed E-state index contributed by atoms with van der Waals surface area (Å²) in [6.07, 6.45) is 0. The van der Waals surface area contributed by atoms with E-state index in [0.717, 1.165) is 28.2 Å². The number of hydrogen-bond acceptors (Lipinski definition) is 4. The average Bonchev–Trinajstić information content (AvgIpc) is 2.81. The summed E-state index contributed by atoms with van der Waals surface area (Å²) in [5, 5.41) is 0. The molecule has 0 radical (unpaired) electrons. The highest BCUT2D eigenvalue weighted by Crippen LogP contribution is 2.34. The highest BCUT2D eigenvalue weighted by Gasteiger charge is 2.16. The van der Waals surface area contributed by atoms with Crippen LogP contribution < -0.4 is 4.90 Å². The van der Waals surface area contributed by atoms with E-state index < -0.39 is 10.1 Å². The molecule has 4 rings (SSSR count). The number of anilines is 3. The van der Waals surface area contributed by atoms with Gasteiger partial charge in [-0.15, -0.1) is 0 Å². The van der Waals surface area contributed by atoms with Gasteiger partial charge in [0.1, 0.15) is 0 Å². The molecule has 33 heavy (non-hydrogen) atoms. The van der Waals surface area contributed by atoms with Crippen LogP contribution in [0.1, 0.15) is 22.3 Å². The summed E-state index contributed by atoms with van der Waals surface area (Å²) in [6, 6.07) is 31.2. The Morgan fingerprint density at radius 3 is 1.36 bits per heavy atom. The largest absolute Gasteiger partial charge is 0.311 e. The van der Waals surface area contributed by atoms with E-state index in [1.807, 2.05) is 31.2 Å². The molecular formula is C28H27NO3S. The number of benzene rings is 4. The highest BCUT2D eigenvalue weighted by molar-refractivity contribution is 7.86. The van der Waals surface area contributed by atoms with Gasteiger partial charge >= 0.3 is 0 Å². The molecule has 0 saturated carbocycles. The summed E-state index contributed by atoms with van der Waals surface area (Å²) in [7, 11) is -3.81. The first-order valence-corrected chi connectivity index (χ1v) is 12.2. The number of rotatable bonds is 7. The van der Waals surface area contributed by atoms with E-state index in [0.29, 0.717) is 0 Å². The molecule has 0 N–H and O–H groups in total. The van der Waals surface area contributed by atoms with Gasteiger partial charge in [-0.3, -0.25) is 4.18 Å². The number of hydrogen-bond donors (Lipinski definition) is 0. The van der Waals surface area contributed by atoms with E-state index in [9.17, 15) is 8.42 Å². The van der Waals surface area contributed by atoms with Crippen LogP contribution in [-0.2, 0) is 20.9 Å². The smallest absolute Gasteiger partial charge is 0.297 e. The Labute approximate surface area is 196 Å². The fourth-order valence-electron chi connectivity index (χ4n) is 3.49.